The number of nitrogens with two attached hydrogens (primary N) is 1. The Morgan fingerprint density at radius 3 is 2.42 bits per heavy atom. The smallest absolute Gasteiger partial charge is 0.159 e. The van der Waals surface area contributed by atoms with Crippen molar-refractivity contribution in [1.29, 1.82) is 0 Å². The van der Waals surface area contributed by atoms with E-state index in [1.165, 1.54) is 12.1 Å². The summed E-state index contributed by atoms with van der Waals surface area (Å²) >= 11 is 12.7. The molecule has 0 radical (unpaired) electrons. The molecule has 3 aromatic carbocycles. The Bertz CT molecular complexity index is 1190. The molecule has 4 nitrogen and oxygen atoms in total. The molecular formula is C24H18Cl2FN3O. The summed E-state index contributed by atoms with van der Waals surface area (Å²) in [5.41, 5.74) is 8.32. The van der Waals surface area contributed by atoms with Crippen LogP contribution >= 0.6 is 23.2 Å². The van der Waals surface area contributed by atoms with E-state index in [1.54, 1.807) is 18.5 Å². The minimum absolute atomic E-state index is 0.0496. The Labute approximate surface area is 189 Å². The topological polar surface area (TPSA) is 61.0 Å². The molecule has 0 amide bonds. The number of benzene rings is 3. The van der Waals surface area contributed by atoms with Gasteiger partial charge in [0.05, 0.1) is 23.1 Å². The summed E-state index contributed by atoms with van der Waals surface area (Å²) in [6.07, 6.45) is 2.92. The van der Waals surface area contributed by atoms with Crippen LogP contribution in [0.2, 0.25) is 10.0 Å². The minimum atomic E-state index is -0.610. The van der Waals surface area contributed by atoms with E-state index in [9.17, 15) is 4.39 Å². The first-order chi connectivity index (χ1) is 15.0. The van der Waals surface area contributed by atoms with Crippen molar-refractivity contribution in [1.82, 2.24) is 9.97 Å². The normalized spacial score (nSPS) is 11.8. The van der Waals surface area contributed by atoms with E-state index in [1.807, 2.05) is 48.5 Å². The van der Waals surface area contributed by atoms with Crippen LogP contribution in [0.1, 0.15) is 17.2 Å². The van der Waals surface area contributed by atoms with Crippen molar-refractivity contribution in [3.63, 3.8) is 0 Å². The first-order valence-electron chi connectivity index (χ1n) is 9.53. The number of hydrogen-bond acceptors (Lipinski definition) is 4. The van der Waals surface area contributed by atoms with Crippen molar-refractivity contribution in [2.75, 3.05) is 5.73 Å². The standard InChI is InChI=1S/C24H18Cl2FN3O/c25-19-9-10-20(27)23(26)22(19)21(11-15-5-2-1-3-6-15)31-18-8-4-7-16(12-18)24-29-13-17(28)14-30-24/h1-10,12-14,21H,11,28H2. The third-order valence-electron chi connectivity index (χ3n) is 4.71. The van der Waals surface area contributed by atoms with Crippen molar-refractivity contribution >= 4 is 28.9 Å². The lowest BCUT2D eigenvalue weighted by molar-refractivity contribution is 0.206. The molecule has 31 heavy (non-hydrogen) atoms. The minimum Gasteiger partial charge on any atom is -0.485 e. The summed E-state index contributed by atoms with van der Waals surface area (Å²) < 4.78 is 20.5. The van der Waals surface area contributed by atoms with E-state index in [2.05, 4.69) is 9.97 Å². The van der Waals surface area contributed by atoms with E-state index in [0.717, 1.165) is 11.1 Å². The highest BCUT2D eigenvalue weighted by Crippen LogP contribution is 2.37. The quantitative estimate of drug-likeness (QED) is 0.337. The van der Waals surface area contributed by atoms with Gasteiger partial charge in [-0.15, -0.1) is 0 Å². The van der Waals surface area contributed by atoms with Gasteiger partial charge in [-0.25, -0.2) is 14.4 Å². The van der Waals surface area contributed by atoms with Crippen molar-refractivity contribution in [2.24, 2.45) is 0 Å². The van der Waals surface area contributed by atoms with E-state index in [-0.39, 0.29) is 5.02 Å². The Balaban J connectivity index is 1.71. The van der Waals surface area contributed by atoms with Gasteiger partial charge in [-0.05, 0) is 29.8 Å². The molecule has 0 aliphatic rings. The molecule has 4 rings (SSSR count). The van der Waals surface area contributed by atoms with Crippen molar-refractivity contribution in [2.45, 2.75) is 12.5 Å². The zero-order chi connectivity index (χ0) is 21.8. The van der Waals surface area contributed by atoms with Crippen LogP contribution in [0.5, 0.6) is 5.75 Å². The van der Waals surface area contributed by atoms with Crippen molar-refractivity contribution in [3.8, 4) is 17.1 Å². The monoisotopic (exact) mass is 453 g/mol. The molecule has 1 aromatic heterocycles. The average molecular weight is 454 g/mol. The molecule has 0 aliphatic carbocycles. The van der Waals surface area contributed by atoms with Crippen LogP contribution in [0.4, 0.5) is 10.1 Å². The van der Waals surface area contributed by atoms with Gasteiger partial charge in [-0.1, -0.05) is 65.7 Å². The first-order valence-corrected chi connectivity index (χ1v) is 10.3. The zero-order valence-corrected chi connectivity index (χ0v) is 17.8. The lowest BCUT2D eigenvalue weighted by atomic mass is 10.0. The average Bonchev–Trinajstić information content (AvgIpc) is 2.78. The largest absolute Gasteiger partial charge is 0.485 e. The molecule has 0 saturated heterocycles. The van der Waals surface area contributed by atoms with Crippen molar-refractivity contribution in [3.05, 3.63) is 106 Å². The maximum absolute atomic E-state index is 14.2. The van der Waals surface area contributed by atoms with Gasteiger partial charge in [-0.2, -0.15) is 0 Å². The SMILES string of the molecule is Nc1cnc(-c2cccc(OC(Cc3ccccc3)c3c(Cl)ccc(F)c3Cl)c2)nc1. The van der Waals surface area contributed by atoms with Gasteiger partial charge in [0.1, 0.15) is 17.7 Å². The zero-order valence-electron chi connectivity index (χ0n) is 16.3. The second-order valence-electron chi connectivity index (χ2n) is 6.92. The fourth-order valence-corrected chi connectivity index (χ4v) is 3.84. The lowest BCUT2D eigenvalue weighted by Crippen LogP contribution is -2.13. The van der Waals surface area contributed by atoms with Crippen LogP contribution in [-0.2, 0) is 6.42 Å². The van der Waals surface area contributed by atoms with Crippen LogP contribution in [0, 0.1) is 5.82 Å². The van der Waals surface area contributed by atoms with E-state index in [0.29, 0.717) is 34.3 Å². The van der Waals surface area contributed by atoms with E-state index >= 15 is 0 Å². The summed E-state index contributed by atoms with van der Waals surface area (Å²) in [4.78, 5) is 8.50. The third-order valence-corrected chi connectivity index (χ3v) is 5.42. The number of aromatic nitrogens is 2. The number of nitrogen functional groups attached to an aromatic ring is 1. The second-order valence-corrected chi connectivity index (χ2v) is 7.71. The fourth-order valence-electron chi connectivity index (χ4n) is 3.23. The molecule has 4 aromatic rings. The summed E-state index contributed by atoms with van der Waals surface area (Å²) in [7, 11) is 0. The first kappa shape index (κ1) is 21.1. The lowest BCUT2D eigenvalue weighted by Gasteiger charge is -2.22. The highest BCUT2D eigenvalue weighted by Gasteiger charge is 2.23. The Morgan fingerprint density at radius 1 is 0.935 bits per heavy atom. The number of rotatable bonds is 6. The van der Waals surface area contributed by atoms with Crippen LogP contribution in [0.3, 0.4) is 0 Å². The number of anilines is 1. The van der Waals surface area contributed by atoms with Gasteiger partial charge in [0.15, 0.2) is 5.82 Å². The van der Waals surface area contributed by atoms with Crippen LogP contribution in [0.15, 0.2) is 79.1 Å². The molecule has 1 unspecified atom stereocenters. The number of hydrogen-bond donors (Lipinski definition) is 1. The van der Waals surface area contributed by atoms with Gasteiger partial charge in [0.25, 0.3) is 0 Å². The third kappa shape index (κ3) is 4.95. The molecule has 2 N–H and O–H groups in total. The molecular weight excluding hydrogens is 436 g/mol. The van der Waals surface area contributed by atoms with Gasteiger partial charge >= 0.3 is 0 Å². The van der Waals surface area contributed by atoms with Gasteiger partial charge in [0, 0.05) is 22.6 Å². The summed E-state index contributed by atoms with van der Waals surface area (Å²) in [5.74, 6) is 0.517. The predicted octanol–water partition coefficient (Wildman–Crippen LogP) is 6.53. The highest BCUT2D eigenvalue weighted by atomic mass is 35.5. The van der Waals surface area contributed by atoms with Gasteiger partial charge < -0.3 is 10.5 Å². The molecule has 0 fully saturated rings. The molecule has 1 heterocycles. The second kappa shape index (κ2) is 9.33. The van der Waals surface area contributed by atoms with Gasteiger partial charge in [-0.3, -0.25) is 0 Å². The summed E-state index contributed by atoms with van der Waals surface area (Å²) in [6, 6.07) is 19.8. The Morgan fingerprint density at radius 2 is 1.68 bits per heavy atom. The number of ether oxygens (including phenoxy) is 1. The molecule has 0 bridgehead atoms. The Hall–Kier alpha value is -3.15. The van der Waals surface area contributed by atoms with Gasteiger partial charge in [0.2, 0.25) is 0 Å². The molecule has 0 aliphatic heterocycles. The van der Waals surface area contributed by atoms with Crippen molar-refractivity contribution < 1.29 is 9.13 Å². The van der Waals surface area contributed by atoms with Crippen LogP contribution in [0.25, 0.3) is 11.4 Å². The van der Waals surface area contributed by atoms with E-state index in [4.69, 9.17) is 33.7 Å². The number of nitrogens with zero attached hydrogens (tertiary/aromatic N) is 2. The molecule has 1 atom stereocenters. The molecule has 0 spiro atoms. The van der Waals surface area contributed by atoms with Crippen LogP contribution < -0.4 is 10.5 Å². The fraction of sp³-hybridized carbons (Fsp3) is 0.0833. The maximum atomic E-state index is 14.2. The van der Waals surface area contributed by atoms with Crippen LogP contribution in [-0.4, -0.2) is 9.97 Å². The predicted molar refractivity (Wildman–Crippen MR) is 122 cm³/mol. The Kier molecular flexibility index (Phi) is 6.35. The molecule has 0 saturated carbocycles. The number of halogens is 3. The summed E-state index contributed by atoms with van der Waals surface area (Å²) in [6.45, 7) is 0. The molecule has 156 valence electrons. The highest BCUT2D eigenvalue weighted by molar-refractivity contribution is 6.36. The maximum Gasteiger partial charge on any atom is 0.159 e. The van der Waals surface area contributed by atoms with E-state index < -0.39 is 11.9 Å². The summed E-state index contributed by atoms with van der Waals surface area (Å²) in [5, 5.41) is 0.289. The molecule has 7 heteroatoms.